The highest BCUT2D eigenvalue weighted by Crippen LogP contribution is 2.27. The molecule has 0 bridgehead atoms. The van der Waals surface area contributed by atoms with Crippen molar-refractivity contribution in [2.75, 3.05) is 6.54 Å². The Morgan fingerprint density at radius 2 is 1.75 bits per heavy atom. The summed E-state index contributed by atoms with van der Waals surface area (Å²) in [4.78, 5) is 0. The Kier molecular flexibility index (Phi) is 5.23. The van der Waals surface area contributed by atoms with E-state index < -0.39 is 0 Å². The lowest BCUT2D eigenvalue weighted by molar-refractivity contribution is 0.475. The van der Waals surface area contributed by atoms with Gasteiger partial charge in [0.05, 0.1) is 0 Å². The van der Waals surface area contributed by atoms with E-state index in [1.807, 2.05) is 0 Å². The molecule has 0 amide bonds. The van der Waals surface area contributed by atoms with Crippen molar-refractivity contribution < 1.29 is 0 Å². The lowest BCUT2D eigenvalue weighted by Gasteiger charge is -2.21. The van der Waals surface area contributed by atoms with E-state index in [-0.39, 0.29) is 5.41 Å². The van der Waals surface area contributed by atoms with Crippen molar-refractivity contribution in [2.24, 2.45) is 11.1 Å². The van der Waals surface area contributed by atoms with Crippen LogP contribution in [0.2, 0.25) is 0 Å². The van der Waals surface area contributed by atoms with Gasteiger partial charge in [-0.3, -0.25) is 0 Å². The average Bonchev–Trinajstić information content (AvgIpc) is 1.96. The normalized spacial score (nSPS) is 11.7. The number of hydrogen-bond acceptors (Lipinski definition) is 1. The van der Waals surface area contributed by atoms with Gasteiger partial charge in [0.2, 0.25) is 0 Å². The van der Waals surface area contributed by atoms with E-state index in [2.05, 4.69) is 27.4 Å². The van der Waals surface area contributed by atoms with Crippen LogP contribution in [0.4, 0.5) is 0 Å². The molecule has 0 aromatic rings. The summed E-state index contributed by atoms with van der Waals surface area (Å²) in [6.07, 6.45) is 4.79. The van der Waals surface area contributed by atoms with E-state index in [4.69, 9.17) is 5.73 Å². The van der Waals surface area contributed by atoms with Gasteiger partial charge in [0.1, 0.15) is 0 Å². The van der Waals surface area contributed by atoms with Crippen molar-refractivity contribution in [3.63, 3.8) is 0 Å². The van der Waals surface area contributed by atoms with Crippen LogP contribution in [0.15, 0.2) is 12.2 Å². The summed E-state index contributed by atoms with van der Waals surface area (Å²) in [6.45, 7) is 11.6. The predicted molar refractivity (Wildman–Crippen MR) is 56.1 cm³/mol. The van der Waals surface area contributed by atoms with Crippen molar-refractivity contribution in [2.45, 2.75) is 46.5 Å². The van der Waals surface area contributed by atoms with Gasteiger partial charge < -0.3 is 5.73 Å². The van der Waals surface area contributed by atoms with Gasteiger partial charge in [0.15, 0.2) is 0 Å². The molecule has 0 radical (unpaired) electrons. The molecule has 72 valence electrons. The zero-order valence-electron chi connectivity index (χ0n) is 8.82. The Bertz CT molecular complexity index is 130. The summed E-state index contributed by atoms with van der Waals surface area (Å²) in [5, 5.41) is 0. The third-order valence-corrected chi connectivity index (χ3v) is 2.24. The SMILES string of the molecule is C=C(CCCCCN)C(C)(C)C. The lowest BCUT2D eigenvalue weighted by Crippen LogP contribution is -2.08. The summed E-state index contributed by atoms with van der Waals surface area (Å²) < 4.78 is 0. The summed E-state index contributed by atoms with van der Waals surface area (Å²) in [6, 6.07) is 0. The Morgan fingerprint density at radius 1 is 1.17 bits per heavy atom. The van der Waals surface area contributed by atoms with Gasteiger partial charge in [-0.1, -0.05) is 39.3 Å². The van der Waals surface area contributed by atoms with Gasteiger partial charge in [0.25, 0.3) is 0 Å². The largest absolute Gasteiger partial charge is 0.330 e. The highest BCUT2D eigenvalue weighted by Gasteiger charge is 2.13. The van der Waals surface area contributed by atoms with E-state index in [9.17, 15) is 0 Å². The second-order valence-electron chi connectivity index (χ2n) is 4.45. The number of rotatable bonds is 5. The van der Waals surface area contributed by atoms with Crippen LogP contribution in [0.1, 0.15) is 46.5 Å². The van der Waals surface area contributed by atoms with E-state index in [1.165, 1.54) is 18.4 Å². The molecule has 1 heteroatoms. The van der Waals surface area contributed by atoms with E-state index in [1.54, 1.807) is 0 Å². The Morgan fingerprint density at radius 3 is 2.17 bits per heavy atom. The second kappa shape index (κ2) is 5.36. The Labute approximate surface area is 77.0 Å². The minimum absolute atomic E-state index is 0.280. The van der Waals surface area contributed by atoms with E-state index >= 15 is 0 Å². The van der Waals surface area contributed by atoms with Crippen LogP contribution in [-0.2, 0) is 0 Å². The van der Waals surface area contributed by atoms with Crippen LogP contribution in [0.25, 0.3) is 0 Å². The number of nitrogens with two attached hydrogens (primary N) is 1. The Hall–Kier alpha value is -0.300. The van der Waals surface area contributed by atoms with Gasteiger partial charge in [-0.2, -0.15) is 0 Å². The maximum absolute atomic E-state index is 5.41. The van der Waals surface area contributed by atoms with Gasteiger partial charge >= 0.3 is 0 Å². The maximum Gasteiger partial charge on any atom is -0.00773 e. The van der Waals surface area contributed by atoms with Gasteiger partial charge in [0, 0.05) is 0 Å². The van der Waals surface area contributed by atoms with Crippen molar-refractivity contribution >= 4 is 0 Å². The molecule has 2 N–H and O–H groups in total. The van der Waals surface area contributed by atoms with Crippen LogP contribution >= 0.6 is 0 Å². The summed E-state index contributed by atoms with van der Waals surface area (Å²) in [5.41, 5.74) is 7.05. The first-order valence-electron chi connectivity index (χ1n) is 4.87. The first-order chi connectivity index (χ1) is 5.48. The van der Waals surface area contributed by atoms with Crippen LogP contribution < -0.4 is 5.73 Å². The molecule has 0 heterocycles. The summed E-state index contributed by atoms with van der Waals surface area (Å²) >= 11 is 0. The molecule has 1 nitrogen and oxygen atoms in total. The average molecular weight is 169 g/mol. The highest BCUT2D eigenvalue weighted by atomic mass is 14.5. The molecule has 0 unspecified atom stereocenters. The number of unbranched alkanes of at least 4 members (excludes halogenated alkanes) is 2. The molecule has 12 heavy (non-hydrogen) atoms. The fourth-order valence-electron chi connectivity index (χ4n) is 1.03. The quantitative estimate of drug-likeness (QED) is 0.496. The molecule has 0 rings (SSSR count). The van der Waals surface area contributed by atoms with Gasteiger partial charge in [-0.05, 0) is 31.2 Å². The smallest absolute Gasteiger partial charge is 0.00773 e. The molecule has 0 aliphatic carbocycles. The number of allylic oxidation sites excluding steroid dienone is 1. The molecule has 0 atom stereocenters. The monoisotopic (exact) mass is 169 g/mol. The highest BCUT2D eigenvalue weighted by molar-refractivity contribution is 5.04. The standard InChI is InChI=1S/C11H23N/c1-10(11(2,3)4)8-6-5-7-9-12/h1,5-9,12H2,2-4H3. The topological polar surface area (TPSA) is 26.0 Å². The van der Waals surface area contributed by atoms with Crippen LogP contribution in [-0.4, -0.2) is 6.54 Å². The van der Waals surface area contributed by atoms with Crippen molar-refractivity contribution in [1.29, 1.82) is 0 Å². The molecule has 0 fully saturated rings. The lowest BCUT2D eigenvalue weighted by atomic mass is 9.84. The molecule has 0 saturated heterocycles. The molecule has 0 spiro atoms. The fourth-order valence-corrected chi connectivity index (χ4v) is 1.03. The van der Waals surface area contributed by atoms with E-state index in [0.29, 0.717) is 0 Å². The molecular weight excluding hydrogens is 146 g/mol. The van der Waals surface area contributed by atoms with E-state index in [0.717, 1.165) is 19.4 Å². The van der Waals surface area contributed by atoms with Crippen LogP contribution in [0, 0.1) is 5.41 Å². The molecule has 0 aromatic carbocycles. The van der Waals surface area contributed by atoms with Gasteiger partial charge in [-0.25, -0.2) is 0 Å². The molecule has 0 saturated carbocycles. The first-order valence-corrected chi connectivity index (χ1v) is 4.87. The van der Waals surface area contributed by atoms with Crippen molar-refractivity contribution in [1.82, 2.24) is 0 Å². The zero-order valence-corrected chi connectivity index (χ0v) is 8.82. The molecule has 0 aliphatic heterocycles. The number of hydrogen-bond donors (Lipinski definition) is 1. The first kappa shape index (κ1) is 11.7. The van der Waals surface area contributed by atoms with Crippen LogP contribution in [0.3, 0.4) is 0 Å². The Balaban J connectivity index is 3.45. The minimum Gasteiger partial charge on any atom is -0.330 e. The summed E-state index contributed by atoms with van der Waals surface area (Å²) in [7, 11) is 0. The van der Waals surface area contributed by atoms with Crippen molar-refractivity contribution in [3.05, 3.63) is 12.2 Å². The second-order valence-corrected chi connectivity index (χ2v) is 4.45. The molecule has 0 aromatic heterocycles. The van der Waals surface area contributed by atoms with Crippen LogP contribution in [0.5, 0.6) is 0 Å². The molecule has 0 aliphatic rings. The third kappa shape index (κ3) is 5.36. The predicted octanol–water partition coefficient (Wildman–Crippen LogP) is 3.11. The maximum atomic E-state index is 5.41. The van der Waals surface area contributed by atoms with Gasteiger partial charge in [-0.15, -0.1) is 0 Å². The zero-order chi connectivity index (χ0) is 9.61. The fraction of sp³-hybridized carbons (Fsp3) is 0.818. The minimum atomic E-state index is 0.280. The molecular formula is C11H23N. The van der Waals surface area contributed by atoms with Crippen molar-refractivity contribution in [3.8, 4) is 0 Å². The third-order valence-electron chi connectivity index (χ3n) is 2.24. The summed E-state index contributed by atoms with van der Waals surface area (Å²) in [5.74, 6) is 0.